The molecule has 1 unspecified atom stereocenters. The molecule has 1 N–H and O–H groups in total. The van der Waals surface area contributed by atoms with Gasteiger partial charge in [-0.1, -0.05) is 17.7 Å². The molecule has 4 heteroatoms. The average Bonchev–Trinajstić information content (AvgIpc) is 2.18. The minimum absolute atomic E-state index is 0.421. The number of aliphatic hydroxyl groups is 1. The second-order valence-corrected chi connectivity index (χ2v) is 3.67. The maximum absolute atomic E-state index is 9.62. The SMILES string of the molecule is COc1ccc(C(O)CCCl)cc1Cl. The predicted molar refractivity (Wildman–Crippen MR) is 58.3 cm³/mol. The van der Waals surface area contributed by atoms with Crippen molar-refractivity contribution >= 4 is 23.2 Å². The number of hydrogen-bond donors (Lipinski definition) is 1. The van der Waals surface area contributed by atoms with Gasteiger partial charge in [-0.3, -0.25) is 0 Å². The summed E-state index contributed by atoms with van der Waals surface area (Å²) in [5.74, 6) is 1.03. The summed E-state index contributed by atoms with van der Waals surface area (Å²) in [7, 11) is 1.55. The molecule has 0 aromatic heterocycles. The highest BCUT2D eigenvalue weighted by molar-refractivity contribution is 6.32. The molecule has 1 aromatic rings. The third-order valence-electron chi connectivity index (χ3n) is 1.94. The molecule has 0 fully saturated rings. The smallest absolute Gasteiger partial charge is 0.137 e. The first-order valence-electron chi connectivity index (χ1n) is 4.26. The molecule has 0 radical (unpaired) electrons. The normalized spacial score (nSPS) is 12.6. The molecule has 0 spiro atoms. The van der Waals surface area contributed by atoms with E-state index in [1.165, 1.54) is 0 Å². The predicted octanol–water partition coefficient (Wildman–Crippen LogP) is 3.01. The zero-order valence-corrected chi connectivity index (χ0v) is 9.35. The minimum atomic E-state index is -0.559. The van der Waals surface area contributed by atoms with Crippen LogP contribution < -0.4 is 4.74 Å². The number of benzene rings is 1. The number of rotatable bonds is 4. The van der Waals surface area contributed by atoms with Gasteiger partial charge >= 0.3 is 0 Å². The topological polar surface area (TPSA) is 29.5 Å². The van der Waals surface area contributed by atoms with Crippen LogP contribution in [0.5, 0.6) is 5.75 Å². The lowest BCUT2D eigenvalue weighted by Crippen LogP contribution is -1.98. The van der Waals surface area contributed by atoms with E-state index >= 15 is 0 Å². The van der Waals surface area contributed by atoms with Crippen molar-refractivity contribution < 1.29 is 9.84 Å². The highest BCUT2D eigenvalue weighted by Crippen LogP contribution is 2.28. The molecule has 0 amide bonds. The molecule has 1 rings (SSSR count). The fourth-order valence-electron chi connectivity index (χ4n) is 1.16. The van der Waals surface area contributed by atoms with E-state index in [0.29, 0.717) is 23.1 Å². The van der Waals surface area contributed by atoms with Crippen LogP contribution in [0.3, 0.4) is 0 Å². The van der Waals surface area contributed by atoms with E-state index in [0.717, 1.165) is 5.56 Å². The van der Waals surface area contributed by atoms with E-state index in [1.54, 1.807) is 25.3 Å². The second kappa shape index (κ2) is 5.44. The van der Waals surface area contributed by atoms with Crippen LogP contribution in [-0.2, 0) is 0 Å². The molecular formula is C10H12Cl2O2. The van der Waals surface area contributed by atoms with Crippen molar-refractivity contribution in [1.82, 2.24) is 0 Å². The molecule has 2 nitrogen and oxygen atoms in total. The third-order valence-corrected chi connectivity index (χ3v) is 2.46. The van der Waals surface area contributed by atoms with Gasteiger partial charge in [-0.15, -0.1) is 11.6 Å². The van der Waals surface area contributed by atoms with Crippen LogP contribution >= 0.6 is 23.2 Å². The summed E-state index contributed by atoms with van der Waals surface area (Å²) in [6.07, 6.45) is -0.0413. The first-order valence-corrected chi connectivity index (χ1v) is 5.17. The van der Waals surface area contributed by atoms with E-state index in [-0.39, 0.29) is 0 Å². The van der Waals surface area contributed by atoms with Gasteiger partial charge in [0.15, 0.2) is 0 Å². The van der Waals surface area contributed by atoms with E-state index in [1.807, 2.05) is 0 Å². The quantitative estimate of drug-likeness (QED) is 0.813. The summed E-state index contributed by atoms with van der Waals surface area (Å²) >= 11 is 11.4. The average molecular weight is 235 g/mol. The first-order chi connectivity index (χ1) is 6.69. The van der Waals surface area contributed by atoms with Gasteiger partial charge in [0, 0.05) is 5.88 Å². The fraction of sp³-hybridized carbons (Fsp3) is 0.400. The monoisotopic (exact) mass is 234 g/mol. The Hall–Kier alpha value is -0.440. The zero-order chi connectivity index (χ0) is 10.6. The van der Waals surface area contributed by atoms with Crippen LogP contribution in [0.2, 0.25) is 5.02 Å². The summed E-state index contributed by atoms with van der Waals surface area (Å²) in [4.78, 5) is 0. The Morgan fingerprint density at radius 2 is 2.21 bits per heavy atom. The molecule has 78 valence electrons. The van der Waals surface area contributed by atoms with Crippen molar-refractivity contribution in [3.63, 3.8) is 0 Å². The van der Waals surface area contributed by atoms with Gasteiger partial charge < -0.3 is 9.84 Å². The largest absolute Gasteiger partial charge is 0.495 e. The van der Waals surface area contributed by atoms with Crippen LogP contribution in [-0.4, -0.2) is 18.1 Å². The third kappa shape index (κ3) is 2.77. The van der Waals surface area contributed by atoms with Gasteiger partial charge in [0.25, 0.3) is 0 Å². The van der Waals surface area contributed by atoms with Gasteiger partial charge in [0.2, 0.25) is 0 Å². The number of alkyl halides is 1. The lowest BCUT2D eigenvalue weighted by molar-refractivity contribution is 0.174. The highest BCUT2D eigenvalue weighted by Gasteiger charge is 2.09. The fourth-order valence-corrected chi connectivity index (χ4v) is 1.63. The zero-order valence-electron chi connectivity index (χ0n) is 7.84. The van der Waals surface area contributed by atoms with E-state index in [9.17, 15) is 5.11 Å². The van der Waals surface area contributed by atoms with Gasteiger partial charge in [-0.25, -0.2) is 0 Å². The Labute approximate surface area is 93.4 Å². The van der Waals surface area contributed by atoms with Crippen LogP contribution in [0.25, 0.3) is 0 Å². The summed E-state index contributed by atoms with van der Waals surface area (Å²) in [5.41, 5.74) is 0.761. The Bertz CT molecular complexity index is 302. The lowest BCUT2D eigenvalue weighted by atomic mass is 10.1. The number of ether oxygens (including phenoxy) is 1. The molecule has 0 heterocycles. The Balaban J connectivity index is 2.85. The van der Waals surface area contributed by atoms with E-state index in [4.69, 9.17) is 27.9 Å². The highest BCUT2D eigenvalue weighted by atomic mass is 35.5. The molecule has 0 saturated heterocycles. The molecule has 0 bridgehead atoms. The van der Waals surface area contributed by atoms with Crippen molar-refractivity contribution in [2.75, 3.05) is 13.0 Å². The Morgan fingerprint density at radius 3 is 2.71 bits per heavy atom. The molecule has 0 aliphatic rings. The number of hydrogen-bond acceptors (Lipinski definition) is 2. The van der Waals surface area contributed by atoms with Crippen LogP contribution in [0.4, 0.5) is 0 Å². The van der Waals surface area contributed by atoms with E-state index < -0.39 is 6.10 Å². The van der Waals surface area contributed by atoms with Crippen LogP contribution in [0.1, 0.15) is 18.1 Å². The summed E-state index contributed by atoms with van der Waals surface area (Å²) in [5, 5.41) is 10.1. The van der Waals surface area contributed by atoms with Gasteiger partial charge in [-0.05, 0) is 24.1 Å². The minimum Gasteiger partial charge on any atom is -0.495 e. The van der Waals surface area contributed by atoms with Crippen molar-refractivity contribution in [2.24, 2.45) is 0 Å². The summed E-state index contributed by atoms with van der Waals surface area (Å²) < 4.78 is 5.00. The maximum Gasteiger partial charge on any atom is 0.137 e. The van der Waals surface area contributed by atoms with Crippen LogP contribution in [0, 0.1) is 0 Å². The first kappa shape index (κ1) is 11.6. The van der Waals surface area contributed by atoms with E-state index in [2.05, 4.69) is 0 Å². The molecule has 1 atom stereocenters. The molecule has 0 aliphatic carbocycles. The molecule has 14 heavy (non-hydrogen) atoms. The molecule has 0 saturated carbocycles. The van der Waals surface area contributed by atoms with Crippen molar-refractivity contribution in [3.05, 3.63) is 28.8 Å². The van der Waals surface area contributed by atoms with Gasteiger partial charge in [-0.2, -0.15) is 0 Å². The lowest BCUT2D eigenvalue weighted by Gasteiger charge is -2.10. The van der Waals surface area contributed by atoms with Gasteiger partial charge in [0.1, 0.15) is 5.75 Å². The van der Waals surface area contributed by atoms with Crippen LogP contribution in [0.15, 0.2) is 18.2 Å². The Kier molecular flexibility index (Phi) is 4.52. The number of halogens is 2. The van der Waals surface area contributed by atoms with Crippen molar-refractivity contribution in [1.29, 1.82) is 0 Å². The number of aliphatic hydroxyl groups excluding tert-OH is 1. The number of methoxy groups -OCH3 is 1. The molecule has 1 aromatic carbocycles. The summed E-state index contributed by atoms with van der Waals surface area (Å²) in [6.45, 7) is 0. The molecule has 0 aliphatic heterocycles. The van der Waals surface area contributed by atoms with Crippen molar-refractivity contribution in [2.45, 2.75) is 12.5 Å². The Morgan fingerprint density at radius 1 is 1.50 bits per heavy atom. The molecular weight excluding hydrogens is 223 g/mol. The maximum atomic E-state index is 9.62. The van der Waals surface area contributed by atoms with Crippen molar-refractivity contribution in [3.8, 4) is 5.75 Å². The van der Waals surface area contributed by atoms with Gasteiger partial charge in [0.05, 0.1) is 18.2 Å². The standard InChI is InChI=1S/C10H12Cl2O2/c1-14-10-3-2-7(6-8(10)12)9(13)4-5-11/h2-3,6,9,13H,4-5H2,1H3. The summed E-state index contributed by atoms with van der Waals surface area (Å²) in [6, 6.07) is 5.20. The second-order valence-electron chi connectivity index (χ2n) is 2.89.